The lowest BCUT2D eigenvalue weighted by atomic mass is 10.1. The van der Waals surface area contributed by atoms with Gasteiger partial charge in [-0.2, -0.15) is 0 Å². The van der Waals surface area contributed by atoms with Gasteiger partial charge in [0, 0.05) is 17.0 Å². The maximum Gasteiger partial charge on any atom is 0.265 e. The second-order valence-corrected chi connectivity index (χ2v) is 6.60. The van der Waals surface area contributed by atoms with E-state index in [1.54, 1.807) is 7.11 Å². The van der Waals surface area contributed by atoms with Crippen LogP contribution in [0.4, 0.5) is 0 Å². The van der Waals surface area contributed by atoms with Crippen molar-refractivity contribution in [1.29, 1.82) is 0 Å². The monoisotopic (exact) mass is 304 g/mol. The number of carbonyl (C=O) groups is 1. The van der Waals surface area contributed by atoms with Gasteiger partial charge in [-0.1, -0.05) is 30.3 Å². The largest absolute Gasteiger partial charge is 0.495 e. The Bertz CT molecular complexity index is 615. The first-order valence-electron chi connectivity index (χ1n) is 6.71. The summed E-state index contributed by atoms with van der Waals surface area (Å²) in [4.78, 5) is 13.9. The summed E-state index contributed by atoms with van der Waals surface area (Å²) in [5.41, 5.74) is 6.51. The quantitative estimate of drug-likeness (QED) is 0.892. The van der Waals surface area contributed by atoms with Crippen LogP contribution in [0, 0.1) is 0 Å². The van der Waals surface area contributed by atoms with E-state index in [4.69, 9.17) is 10.5 Å². The van der Waals surface area contributed by atoms with Gasteiger partial charge in [0.15, 0.2) is 0 Å². The molecule has 0 unspecified atom stereocenters. The van der Waals surface area contributed by atoms with Crippen LogP contribution < -0.4 is 15.8 Å². The zero-order valence-corrected chi connectivity index (χ0v) is 13.3. The number of benzene rings is 1. The Morgan fingerprint density at radius 3 is 2.57 bits per heavy atom. The molecular formula is C16H20N2O2S. The maximum absolute atomic E-state index is 12.3. The van der Waals surface area contributed by atoms with E-state index in [9.17, 15) is 4.79 Å². The molecule has 0 aliphatic rings. The van der Waals surface area contributed by atoms with Crippen LogP contribution in [0.2, 0.25) is 0 Å². The van der Waals surface area contributed by atoms with E-state index in [0.29, 0.717) is 17.2 Å². The van der Waals surface area contributed by atoms with Crippen LogP contribution in [0.3, 0.4) is 0 Å². The minimum atomic E-state index is -0.442. The zero-order valence-electron chi connectivity index (χ0n) is 12.5. The van der Waals surface area contributed by atoms with Gasteiger partial charge >= 0.3 is 0 Å². The van der Waals surface area contributed by atoms with Crippen LogP contribution in [-0.4, -0.2) is 25.1 Å². The van der Waals surface area contributed by atoms with Crippen molar-refractivity contribution in [3.63, 3.8) is 0 Å². The van der Waals surface area contributed by atoms with Crippen LogP contribution in [0.25, 0.3) is 10.4 Å². The molecule has 0 saturated heterocycles. The summed E-state index contributed by atoms with van der Waals surface area (Å²) in [7, 11) is 1.57. The third-order valence-electron chi connectivity index (χ3n) is 2.89. The first-order valence-corrected chi connectivity index (χ1v) is 7.53. The molecule has 1 aromatic carbocycles. The highest BCUT2D eigenvalue weighted by molar-refractivity contribution is 7.17. The highest BCUT2D eigenvalue weighted by atomic mass is 32.1. The van der Waals surface area contributed by atoms with Crippen molar-refractivity contribution in [2.75, 3.05) is 13.7 Å². The maximum atomic E-state index is 12.3. The fourth-order valence-electron chi connectivity index (χ4n) is 1.82. The van der Waals surface area contributed by atoms with Crippen molar-refractivity contribution in [3.8, 4) is 16.2 Å². The molecule has 4 nitrogen and oxygen atoms in total. The van der Waals surface area contributed by atoms with Gasteiger partial charge in [-0.3, -0.25) is 4.79 Å². The highest BCUT2D eigenvalue weighted by Gasteiger charge is 2.20. The van der Waals surface area contributed by atoms with Crippen molar-refractivity contribution in [2.45, 2.75) is 19.4 Å². The van der Waals surface area contributed by atoms with Gasteiger partial charge < -0.3 is 15.8 Å². The predicted molar refractivity (Wildman–Crippen MR) is 86.9 cm³/mol. The summed E-state index contributed by atoms with van der Waals surface area (Å²) in [6.07, 6.45) is 0. The van der Waals surface area contributed by atoms with Crippen molar-refractivity contribution in [1.82, 2.24) is 5.32 Å². The van der Waals surface area contributed by atoms with Crippen LogP contribution in [0.1, 0.15) is 23.5 Å². The molecule has 1 amide bonds. The summed E-state index contributed by atoms with van der Waals surface area (Å²) in [5.74, 6) is 0.434. The summed E-state index contributed by atoms with van der Waals surface area (Å²) in [5, 5.41) is 2.84. The van der Waals surface area contributed by atoms with Crippen LogP contribution in [-0.2, 0) is 0 Å². The summed E-state index contributed by atoms with van der Waals surface area (Å²) >= 11 is 1.42. The normalized spacial score (nSPS) is 11.2. The fourth-order valence-corrected chi connectivity index (χ4v) is 2.86. The Balaban J connectivity index is 2.24. The number of nitrogens with one attached hydrogen (secondary N) is 1. The average Bonchev–Trinajstić information content (AvgIpc) is 2.89. The number of hydrogen-bond donors (Lipinski definition) is 2. The molecule has 0 bridgehead atoms. The zero-order chi connectivity index (χ0) is 15.5. The van der Waals surface area contributed by atoms with Crippen molar-refractivity contribution < 1.29 is 9.53 Å². The van der Waals surface area contributed by atoms with Gasteiger partial charge in [-0.25, -0.2) is 0 Å². The fraction of sp³-hybridized carbons (Fsp3) is 0.312. The van der Waals surface area contributed by atoms with E-state index in [-0.39, 0.29) is 5.91 Å². The number of methoxy groups -OCH3 is 1. The molecule has 1 heterocycles. The highest BCUT2D eigenvalue weighted by Crippen LogP contribution is 2.36. The number of ether oxygens (including phenoxy) is 1. The molecular weight excluding hydrogens is 284 g/mol. The summed E-state index contributed by atoms with van der Waals surface area (Å²) < 4.78 is 5.32. The average molecular weight is 304 g/mol. The lowest BCUT2D eigenvalue weighted by molar-refractivity contribution is 0.0947. The van der Waals surface area contributed by atoms with E-state index in [2.05, 4.69) is 5.32 Å². The number of nitrogens with two attached hydrogens (primary N) is 1. The molecule has 1 aromatic heterocycles. The third kappa shape index (κ3) is 4.06. The minimum Gasteiger partial charge on any atom is -0.495 e. The van der Waals surface area contributed by atoms with Gasteiger partial charge in [0.2, 0.25) is 0 Å². The molecule has 2 aromatic rings. The first-order chi connectivity index (χ1) is 9.90. The number of hydrogen-bond acceptors (Lipinski definition) is 4. The van der Waals surface area contributed by atoms with E-state index in [1.165, 1.54) is 11.3 Å². The van der Waals surface area contributed by atoms with Crippen molar-refractivity contribution in [3.05, 3.63) is 41.3 Å². The number of thiophene rings is 1. The first kappa shape index (κ1) is 15.5. The Labute approximate surface area is 128 Å². The molecule has 0 spiro atoms. The van der Waals surface area contributed by atoms with E-state index in [0.717, 1.165) is 10.4 Å². The molecule has 0 fully saturated rings. The van der Waals surface area contributed by atoms with Crippen LogP contribution in [0.15, 0.2) is 36.4 Å². The van der Waals surface area contributed by atoms with E-state index >= 15 is 0 Å². The summed E-state index contributed by atoms with van der Waals surface area (Å²) in [6, 6.07) is 11.8. The smallest absolute Gasteiger partial charge is 0.265 e. The molecule has 5 heteroatoms. The molecule has 0 radical (unpaired) electrons. The second kappa shape index (κ2) is 6.28. The topological polar surface area (TPSA) is 64.3 Å². The Morgan fingerprint density at radius 1 is 1.33 bits per heavy atom. The Morgan fingerprint density at radius 2 is 2.00 bits per heavy atom. The molecule has 3 N–H and O–H groups in total. The molecule has 112 valence electrons. The van der Waals surface area contributed by atoms with Gasteiger partial charge in [-0.15, -0.1) is 11.3 Å². The molecule has 0 aliphatic carbocycles. The summed E-state index contributed by atoms with van der Waals surface area (Å²) in [6.45, 7) is 4.15. The van der Waals surface area contributed by atoms with Crippen molar-refractivity contribution in [2.24, 2.45) is 5.73 Å². The van der Waals surface area contributed by atoms with Gasteiger partial charge in [0.25, 0.3) is 5.91 Å². The van der Waals surface area contributed by atoms with Crippen LogP contribution >= 0.6 is 11.3 Å². The van der Waals surface area contributed by atoms with E-state index < -0.39 is 5.54 Å². The second-order valence-electron chi connectivity index (χ2n) is 5.55. The molecule has 0 aliphatic heterocycles. The van der Waals surface area contributed by atoms with Gasteiger partial charge in [0.1, 0.15) is 10.6 Å². The minimum absolute atomic E-state index is 0.155. The Hall–Kier alpha value is -1.85. The van der Waals surface area contributed by atoms with E-state index in [1.807, 2.05) is 50.2 Å². The third-order valence-corrected chi connectivity index (χ3v) is 4.05. The number of rotatable bonds is 5. The molecule has 2 rings (SSSR count). The Kier molecular flexibility index (Phi) is 4.65. The number of carbonyl (C=O) groups excluding carboxylic acids is 1. The predicted octanol–water partition coefficient (Wildman–Crippen LogP) is 2.89. The lowest BCUT2D eigenvalue weighted by Crippen LogP contribution is -2.45. The standard InChI is InChI=1S/C16H20N2O2S/c1-16(2,17)10-18-15(19)14-12(20-3)9-13(21-14)11-7-5-4-6-8-11/h4-9H,10,17H2,1-3H3,(H,18,19). The lowest BCUT2D eigenvalue weighted by Gasteiger charge is -2.18. The van der Waals surface area contributed by atoms with Crippen LogP contribution in [0.5, 0.6) is 5.75 Å². The van der Waals surface area contributed by atoms with Crippen molar-refractivity contribution >= 4 is 17.2 Å². The molecule has 0 atom stereocenters. The SMILES string of the molecule is COc1cc(-c2ccccc2)sc1C(=O)NCC(C)(C)N. The van der Waals surface area contributed by atoms with Gasteiger partial charge in [-0.05, 0) is 25.5 Å². The number of amides is 1. The van der Waals surface area contributed by atoms with Gasteiger partial charge in [0.05, 0.1) is 7.11 Å². The molecule has 0 saturated carbocycles. The molecule has 21 heavy (non-hydrogen) atoms.